The van der Waals surface area contributed by atoms with Gasteiger partial charge in [-0.2, -0.15) is 0 Å². The summed E-state index contributed by atoms with van der Waals surface area (Å²) in [5.74, 6) is 0. The molecule has 0 aliphatic carbocycles. The van der Waals surface area contributed by atoms with E-state index in [-0.39, 0.29) is 6.54 Å². The van der Waals surface area contributed by atoms with E-state index in [0.717, 1.165) is 15.3 Å². The van der Waals surface area contributed by atoms with Crippen molar-refractivity contribution >= 4 is 21.6 Å². The summed E-state index contributed by atoms with van der Waals surface area (Å²) in [5, 5.41) is 11.2. The van der Waals surface area contributed by atoms with Crippen molar-refractivity contribution in [3.63, 3.8) is 0 Å². The number of aromatic nitrogens is 2. The number of hydrogen-bond donors (Lipinski definition) is 0. The molecule has 0 aliphatic heterocycles. The highest BCUT2D eigenvalue weighted by Crippen LogP contribution is 1.99. The lowest BCUT2D eigenvalue weighted by atomic mass is 10.4. The fraction of sp³-hybridized carbons (Fsp3) is 0.500. The van der Waals surface area contributed by atoms with Gasteiger partial charge in [-0.05, 0) is 6.42 Å². The second-order valence-corrected chi connectivity index (χ2v) is 3.96. The zero-order chi connectivity index (χ0) is 12.3. The van der Waals surface area contributed by atoms with Crippen molar-refractivity contribution in [1.29, 1.82) is 0 Å². The highest BCUT2D eigenvalue weighted by molar-refractivity contribution is 9.09. The van der Waals surface area contributed by atoms with Crippen LogP contribution in [0.5, 0.6) is 0 Å². The molecule has 0 unspecified atom stereocenters. The summed E-state index contributed by atoms with van der Waals surface area (Å²) in [6, 6.07) is 0. The maximum atomic E-state index is 11.6. The van der Waals surface area contributed by atoms with Crippen LogP contribution < -0.4 is 11.2 Å². The number of nitro groups is 1. The van der Waals surface area contributed by atoms with Gasteiger partial charge in [-0.1, -0.05) is 15.9 Å². The summed E-state index contributed by atoms with van der Waals surface area (Å²) >= 11 is 3.16. The lowest BCUT2D eigenvalue weighted by Crippen LogP contribution is -2.39. The molecule has 1 aromatic rings. The van der Waals surface area contributed by atoms with Gasteiger partial charge in [0.1, 0.15) is 0 Å². The van der Waals surface area contributed by atoms with Crippen LogP contribution in [0.3, 0.4) is 0 Å². The molecule has 0 saturated heterocycles. The smallest absolute Gasteiger partial charge is 0.297 e. The van der Waals surface area contributed by atoms with Gasteiger partial charge >= 0.3 is 16.9 Å². The summed E-state index contributed by atoms with van der Waals surface area (Å²) in [5.41, 5.74) is -1.98. The molecule has 0 atom stereocenters. The third kappa shape index (κ3) is 2.38. The van der Waals surface area contributed by atoms with Crippen molar-refractivity contribution < 1.29 is 4.92 Å². The maximum Gasteiger partial charge on any atom is 0.350 e. The first kappa shape index (κ1) is 12.6. The Kier molecular flexibility index (Phi) is 3.99. The van der Waals surface area contributed by atoms with Crippen LogP contribution >= 0.6 is 15.9 Å². The Morgan fingerprint density at radius 2 is 2.12 bits per heavy atom. The molecule has 0 radical (unpaired) electrons. The van der Waals surface area contributed by atoms with Gasteiger partial charge in [-0.3, -0.25) is 24.0 Å². The minimum Gasteiger partial charge on any atom is -0.297 e. The van der Waals surface area contributed by atoms with Gasteiger partial charge < -0.3 is 0 Å². The topological polar surface area (TPSA) is 87.1 Å². The Morgan fingerprint density at radius 3 is 2.62 bits per heavy atom. The SMILES string of the molecule is Cn1cc([N+](=O)[O-])c(=O)n(CCCBr)c1=O. The third-order valence-electron chi connectivity index (χ3n) is 2.02. The molecule has 8 heteroatoms. The molecule has 0 N–H and O–H groups in total. The molecule has 0 bridgehead atoms. The van der Waals surface area contributed by atoms with Crippen molar-refractivity contribution in [3.8, 4) is 0 Å². The van der Waals surface area contributed by atoms with E-state index in [1.165, 1.54) is 7.05 Å². The van der Waals surface area contributed by atoms with E-state index >= 15 is 0 Å². The van der Waals surface area contributed by atoms with Crippen LogP contribution in [0.15, 0.2) is 15.8 Å². The third-order valence-corrected chi connectivity index (χ3v) is 2.59. The summed E-state index contributed by atoms with van der Waals surface area (Å²) in [4.78, 5) is 32.9. The largest absolute Gasteiger partial charge is 0.350 e. The number of rotatable bonds is 4. The maximum absolute atomic E-state index is 11.6. The van der Waals surface area contributed by atoms with Crippen molar-refractivity contribution in [1.82, 2.24) is 9.13 Å². The second-order valence-electron chi connectivity index (χ2n) is 3.16. The highest BCUT2D eigenvalue weighted by atomic mass is 79.9. The molecule has 0 saturated carbocycles. The van der Waals surface area contributed by atoms with Crippen LogP contribution in [0, 0.1) is 10.1 Å². The number of alkyl halides is 1. The van der Waals surface area contributed by atoms with E-state index in [1.807, 2.05) is 0 Å². The molecule has 1 heterocycles. The van der Waals surface area contributed by atoms with Crippen LogP contribution in [-0.4, -0.2) is 19.4 Å². The summed E-state index contributed by atoms with van der Waals surface area (Å²) < 4.78 is 1.91. The molecule has 1 aromatic heterocycles. The van der Waals surface area contributed by atoms with Crippen LogP contribution in [0.1, 0.15) is 6.42 Å². The van der Waals surface area contributed by atoms with Gasteiger partial charge in [0, 0.05) is 18.9 Å². The molecular weight excluding hydrogens is 282 g/mol. The highest BCUT2D eigenvalue weighted by Gasteiger charge is 2.17. The summed E-state index contributed by atoms with van der Waals surface area (Å²) in [7, 11) is 1.37. The van der Waals surface area contributed by atoms with Gasteiger partial charge in [-0.15, -0.1) is 0 Å². The average Bonchev–Trinajstić information content (AvgIpc) is 2.23. The molecule has 0 aromatic carbocycles. The molecule has 88 valence electrons. The minimum atomic E-state index is -0.853. The Labute approximate surface area is 98.6 Å². The average molecular weight is 292 g/mol. The molecule has 0 fully saturated rings. The van der Waals surface area contributed by atoms with Crippen molar-refractivity contribution in [3.05, 3.63) is 37.1 Å². The predicted octanol–water partition coefficient (Wildman–Crippen LogP) is 0.240. The number of hydrogen-bond acceptors (Lipinski definition) is 4. The first-order chi connectivity index (χ1) is 7.49. The fourth-order valence-electron chi connectivity index (χ4n) is 1.25. The second kappa shape index (κ2) is 5.06. The van der Waals surface area contributed by atoms with E-state index < -0.39 is 21.9 Å². The molecule has 16 heavy (non-hydrogen) atoms. The van der Waals surface area contributed by atoms with Gasteiger partial charge in [0.2, 0.25) is 0 Å². The number of nitrogens with zero attached hydrogens (tertiary/aromatic N) is 3. The van der Waals surface area contributed by atoms with Crippen molar-refractivity contribution in [2.45, 2.75) is 13.0 Å². The Balaban J connectivity index is 3.40. The minimum absolute atomic E-state index is 0.165. The molecule has 0 aliphatic rings. The monoisotopic (exact) mass is 291 g/mol. The van der Waals surface area contributed by atoms with Crippen molar-refractivity contribution in [2.75, 3.05) is 5.33 Å². The van der Waals surface area contributed by atoms with Crippen LogP contribution in [-0.2, 0) is 13.6 Å². The molecule has 0 amide bonds. The van der Waals surface area contributed by atoms with Gasteiger partial charge in [0.15, 0.2) is 0 Å². The van der Waals surface area contributed by atoms with Gasteiger partial charge in [0.05, 0.1) is 11.1 Å². The molecule has 1 rings (SSSR count). The fourth-order valence-corrected chi connectivity index (χ4v) is 1.50. The summed E-state index contributed by atoms with van der Waals surface area (Å²) in [6.45, 7) is 0.165. The van der Waals surface area contributed by atoms with Crippen LogP contribution in [0.4, 0.5) is 5.69 Å². The zero-order valence-electron chi connectivity index (χ0n) is 8.55. The Bertz CT molecular complexity index is 519. The quantitative estimate of drug-likeness (QED) is 0.452. The number of aryl methyl sites for hydroxylation is 1. The first-order valence-electron chi connectivity index (χ1n) is 4.50. The van der Waals surface area contributed by atoms with Gasteiger partial charge in [-0.25, -0.2) is 4.79 Å². The zero-order valence-corrected chi connectivity index (χ0v) is 10.1. The lowest BCUT2D eigenvalue weighted by Gasteiger charge is -2.05. The van der Waals surface area contributed by atoms with Crippen molar-refractivity contribution in [2.24, 2.45) is 7.05 Å². The van der Waals surface area contributed by atoms with E-state index in [4.69, 9.17) is 0 Å². The Morgan fingerprint density at radius 1 is 1.50 bits per heavy atom. The standard InChI is InChI=1S/C8H10BrN3O4/c1-10-5-6(12(15)16)7(13)11(8(10)14)4-2-3-9/h5H,2-4H2,1H3. The van der Waals surface area contributed by atoms with E-state index in [9.17, 15) is 19.7 Å². The molecule has 0 spiro atoms. The van der Waals surface area contributed by atoms with E-state index in [1.54, 1.807) is 0 Å². The molecule has 7 nitrogen and oxygen atoms in total. The van der Waals surface area contributed by atoms with Gasteiger partial charge in [0.25, 0.3) is 0 Å². The van der Waals surface area contributed by atoms with E-state index in [0.29, 0.717) is 11.8 Å². The normalized spacial score (nSPS) is 10.4. The van der Waals surface area contributed by atoms with E-state index in [2.05, 4.69) is 15.9 Å². The number of halogens is 1. The Hall–Kier alpha value is -1.44. The first-order valence-corrected chi connectivity index (χ1v) is 5.62. The molecular formula is C8H10BrN3O4. The predicted molar refractivity (Wildman–Crippen MR) is 61.0 cm³/mol. The van der Waals surface area contributed by atoms with Crippen LogP contribution in [0.2, 0.25) is 0 Å². The lowest BCUT2D eigenvalue weighted by molar-refractivity contribution is -0.387. The summed E-state index contributed by atoms with van der Waals surface area (Å²) in [6.07, 6.45) is 1.49. The van der Waals surface area contributed by atoms with Crippen LogP contribution in [0.25, 0.3) is 0 Å².